The van der Waals surface area contributed by atoms with Crippen LogP contribution in [0.5, 0.6) is 0 Å². The Bertz CT molecular complexity index is 2540. The molecule has 2 aliphatic heterocycles. The summed E-state index contributed by atoms with van der Waals surface area (Å²) in [5.74, 6) is -2.08. The highest BCUT2D eigenvalue weighted by molar-refractivity contribution is 5.95. The molecule has 7 rings (SSSR count). The van der Waals surface area contributed by atoms with Crippen LogP contribution in [0.2, 0.25) is 0 Å². The van der Waals surface area contributed by atoms with E-state index in [1.807, 2.05) is 114 Å². The molecular weight excluding hydrogens is 963 g/mol. The summed E-state index contributed by atoms with van der Waals surface area (Å²) in [6, 6.07) is 19.1. The average Bonchev–Trinajstić information content (AvgIpc) is 4.10. The molecule has 0 radical (unpaired) electrons. The molecule has 3 aromatic rings. The Morgan fingerprint density at radius 2 is 1.30 bits per heavy atom. The van der Waals surface area contributed by atoms with Crippen LogP contribution in [0.25, 0.3) is 0 Å². The molecule has 4 aliphatic rings. The highest BCUT2D eigenvalue weighted by Gasteiger charge is 2.55. The van der Waals surface area contributed by atoms with E-state index in [0.29, 0.717) is 12.8 Å². The van der Waals surface area contributed by atoms with Crippen molar-refractivity contribution >= 4 is 35.4 Å². The Morgan fingerprint density at radius 3 is 1.87 bits per heavy atom. The van der Waals surface area contributed by atoms with Crippen LogP contribution in [0.1, 0.15) is 127 Å². The van der Waals surface area contributed by atoms with Crippen LogP contribution in [0.4, 0.5) is 0 Å². The Hall–Kier alpha value is -5.72. The zero-order valence-corrected chi connectivity index (χ0v) is 46.7. The number of aliphatic hydroxyl groups excluding tert-OH is 1. The number of likely N-dealkylation sites (N-methyl/N-ethyl adjacent to an activating group) is 2. The zero-order valence-electron chi connectivity index (χ0n) is 46.7. The van der Waals surface area contributed by atoms with Crippen LogP contribution in [-0.2, 0) is 52.9 Å². The molecule has 0 aromatic heterocycles. The van der Waals surface area contributed by atoms with Crippen LogP contribution < -0.4 is 31.9 Å². The van der Waals surface area contributed by atoms with Gasteiger partial charge in [-0.25, -0.2) is 0 Å². The molecule has 1 saturated heterocycles. The normalized spacial score (nSPS) is 22.4. The van der Waals surface area contributed by atoms with E-state index >= 15 is 9.59 Å². The van der Waals surface area contributed by atoms with E-state index in [-0.39, 0.29) is 74.7 Å². The maximum Gasteiger partial charge on any atom is 0.246 e. The summed E-state index contributed by atoms with van der Waals surface area (Å²) in [6.07, 6.45) is 2.90. The lowest BCUT2D eigenvalue weighted by Crippen LogP contribution is -2.63. The molecule has 0 bridgehead atoms. The second kappa shape index (κ2) is 24.3. The van der Waals surface area contributed by atoms with Gasteiger partial charge in [0.1, 0.15) is 30.4 Å². The molecule has 0 spiro atoms. The Morgan fingerprint density at radius 1 is 0.750 bits per heavy atom. The number of likely N-dealkylation sites (tertiary alicyclic amines) is 1. The number of carbonyl (C=O) groups is 6. The van der Waals surface area contributed by atoms with E-state index in [2.05, 4.69) is 38.0 Å². The van der Waals surface area contributed by atoms with Gasteiger partial charge in [-0.3, -0.25) is 34.1 Å². The minimum absolute atomic E-state index is 0.0748. The first-order valence-electron chi connectivity index (χ1n) is 27.3. The van der Waals surface area contributed by atoms with Crippen molar-refractivity contribution < 1.29 is 38.6 Å². The number of carbonyl (C=O) groups excluding carboxylic acids is 6. The van der Waals surface area contributed by atoms with Gasteiger partial charge in [-0.2, -0.15) is 0 Å². The number of aliphatic hydroxyl groups is 1. The highest BCUT2D eigenvalue weighted by Crippen LogP contribution is 2.50. The minimum atomic E-state index is -1.19. The molecule has 8 unspecified atom stereocenters. The molecule has 1 saturated carbocycles. The summed E-state index contributed by atoms with van der Waals surface area (Å²) >= 11 is 0. The monoisotopic (exact) mass is 1050 g/mol. The molecule has 3 aromatic carbocycles. The van der Waals surface area contributed by atoms with Crippen LogP contribution in [0.15, 0.2) is 78.9 Å². The smallest absolute Gasteiger partial charge is 0.246 e. The van der Waals surface area contributed by atoms with Gasteiger partial charge in [-0.05, 0) is 105 Å². The molecular formula is C59H85N9O8. The second-order valence-corrected chi connectivity index (χ2v) is 24.0. The van der Waals surface area contributed by atoms with Gasteiger partial charge in [-0.1, -0.05) is 120 Å². The molecule has 7 N–H and O–H groups in total. The first-order chi connectivity index (χ1) is 36.0. The maximum absolute atomic E-state index is 15.9. The van der Waals surface area contributed by atoms with E-state index in [0.717, 1.165) is 41.5 Å². The lowest BCUT2D eigenvalue weighted by molar-refractivity contribution is -0.154. The lowest BCUT2D eigenvalue weighted by atomic mass is 9.84. The summed E-state index contributed by atoms with van der Waals surface area (Å²) in [5, 5.41) is 31.3. The van der Waals surface area contributed by atoms with Crippen LogP contribution in [0.3, 0.4) is 0 Å². The first-order valence-corrected chi connectivity index (χ1v) is 27.3. The summed E-state index contributed by atoms with van der Waals surface area (Å²) in [5.41, 5.74) is 2.58. The number of rotatable bonds is 20. The fraction of sp³-hybridized carbons (Fsp3) is 0.593. The number of amides is 6. The number of fused-ring (bicyclic) bond motifs is 2. The van der Waals surface area contributed by atoms with Crippen molar-refractivity contribution in [3.8, 4) is 0 Å². The minimum Gasteiger partial charge on any atom is -0.382 e. The number of methoxy groups -OCH3 is 1. The number of nitrogens with one attached hydrogen (secondary N) is 6. The van der Waals surface area contributed by atoms with Crippen LogP contribution in [-0.4, -0.2) is 145 Å². The van der Waals surface area contributed by atoms with Crippen molar-refractivity contribution in [1.82, 2.24) is 46.6 Å². The van der Waals surface area contributed by atoms with Crippen molar-refractivity contribution in [2.24, 2.45) is 16.2 Å². The third-order valence-electron chi connectivity index (χ3n) is 16.4. The van der Waals surface area contributed by atoms with Crippen LogP contribution >= 0.6 is 0 Å². The number of ether oxygens (including phenoxy) is 1. The van der Waals surface area contributed by atoms with Crippen molar-refractivity contribution in [1.29, 1.82) is 0 Å². The van der Waals surface area contributed by atoms with Crippen LogP contribution in [0, 0.1) is 16.2 Å². The SMILES string of the molecule is CN[C@@H](C)C(=O)NC(C(=O)N1CC(NC(O)C2(CN(C(=O)C3Cc4ccccc4CN3C(=O)C(NC(=O)[C@H](C)NC)C(C)(C)C)C(COC)c3ccccc3)CC2)CC1C(=O)NC1CCCc2ccccc21)C(C)(C)C. The third kappa shape index (κ3) is 13.2. The van der Waals surface area contributed by atoms with Gasteiger partial charge in [0.25, 0.3) is 0 Å². The fourth-order valence-electron chi connectivity index (χ4n) is 11.2. The number of hydrogen-bond acceptors (Lipinski definition) is 11. The Labute approximate surface area is 450 Å². The van der Waals surface area contributed by atoms with E-state index in [1.54, 1.807) is 49.8 Å². The molecule has 17 heteroatoms. The summed E-state index contributed by atoms with van der Waals surface area (Å²) in [6.45, 7) is 15.2. The second-order valence-electron chi connectivity index (χ2n) is 24.0. The van der Waals surface area contributed by atoms with Crippen molar-refractivity contribution in [2.75, 3.05) is 40.9 Å². The molecule has 414 valence electrons. The highest BCUT2D eigenvalue weighted by atomic mass is 16.5. The van der Waals surface area contributed by atoms with Gasteiger partial charge in [0.15, 0.2) is 0 Å². The molecule has 76 heavy (non-hydrogen) atoms. The van der Waals surface area contributed by atoms with E-state index < -0.39 is 76.7 Å². The number of aryl methyl sites for hydroxylation is 1. The van der Waals surface area contributed by atoms with E-state index in [1.165, 1.54) is 5.56 Å². The molecule has 2 fully saturated rings. The van der Waals surface area contributed by atoms with Gasteiger partial charge in [0.2, 0.25) is 35.4 Å². The number of nitrogens with zero attached hydrogens (tertiary/aromatic N) is 3. The van der Waals surface area contributed by atoms with Crippen molar-refractivity contribution in [3.05, 3.63) is 107 Å². The molecule has 2 heterocycles. The lowest BCUT2D eigenvalue weighted by Gasteiger charge is -2.45. The molecule has 6 amide bonds. The Balaban J connectivity index is 1.21. The van der Waals surface area contributed by atoms with E-state index in [9.17, 15) is 24.3 Å². The average molecular weight is 1050 g/mol. The maximum atomic E-state index is 15.9. The van der Waals surface area contributed by atoms with Gasteiger partial charge >= 0.3 is 0 Å². The zero-order chi connectivity index (χ0) is 55.3. The third-order valence-corrected chi connectivity index (χ3v) is 16.4. The number of hydrogen-bond donors (Lipinski definition) is 7. The largest absolute Gasteiger partial charge is 0.382 e. The summed E-state index contributed by atoms with van der Waals surface area (Å²) in [7, 11) is 4.94. The van der Waals surface area contributed by atoms with E-state index in [4.69, 9.17) is 4.74 Å². The summed E-state index contributed by atoms with van der Waals surface area (Å²) < 4.78 is 5.89. The van der Waals surface area contributed by atoms with Crippen molar-refractivity contribution in [2.45, 2.75) is 167 Å². The topological polar surface area (TPSA) is 214 Å². The molecule has 2 aliphatic carbocycles. The standard InChI is InChI=1S/C59H85N9O8/c1-36(60-9)50(69)64-48(57(3,4)5)54(73)66-32-41-24-16-15-23-40(41)30-46(66)53(72)68(47(34-76-11)39-21-13-12-14-22-39)35-59(28-29-59)56(75)62-42-31-45(52(71)63-44-27-19-25-38-20-17-18-26-43(38)44)67(33-42)55(74)49(58(6,7)8)65-51(70)37(2)61-10/h12-18,20-24,26,36-37,42,44-49,56,60-62,75H,19,25,27-35H2,1-11H3,(H,63,71)(H,64,69)(H,65,70)/t36-,37-,42?,44?,45?,46?,47?,48?,49?,56?/m0/s1. The van der Waals surface area contributed by atoms with Gasteiger partial charge < -0.3 is 51.1 Å². The fourth-order valence-corrected chi connectivity index (χ4v) is 11.2. The predicted octanol–water partition coefficient (Wildman–Crippen LogP) is 4.29. The molecule has 17 nitrogen and oxygen atoms in total. The van der Waals surface area contributed by atoms with Gasteiger partial charge in [-0.15, -0.1) is 0 Å². The first kappa shape index (κ1) is 58.0. The van der Waals surface area contributed by atoms with Crippen molar-refractivity contribution in [3.63, 3.8) is 0 Å². The quantitative estimate of drug-likeness (QED) is 0.0794. The predicted molar refractivity (Wildman–Crippen MR) is 292 cm³/mol. The Kier molecular flexibility index (Phi) is 18.5. The molecule has 10 atom stereocenters. The van der Waals surface area contributed by atoms with Gasteiger partial charge in [0, 0.05) is 44.6 Å². The van der Waals surface area contributed by atoms with Gasteiger partial charge in [0.05, 0.1) is 30.8 Å². The summed E-state index contributed by atoms with van der Waals surface area (Å²) in [4.78, 5) is 92.6. The number of benzene rings is 3.